The maximum absolute atomic E-state index is 5.83. The van der Waals surface area contributed by atoms with Gasteiger partial charge >= 0.3 is 0 Å². The molecular weight excluding hydrogens is 264 g/mol. The summed E-state index contributed by atoms with van der Waals surface area (Å²) in [4.78, 5) is 0. The summed E-state index contributed by atoms with van der Waals surface area (Å²) in [5, 5.41) is 11.5. The molecule has 0 bridgehead atoms. The summed E-state index contributed by atoms with van der Waals surface area (Å²) in [6.07, 6.45) is 3.76. The van der Waals surface area contributed by atoms with Crippen LogP contribution in [0.15, 0.2) is 30.5 Å². The highest BCUT2D eigenvalue weighted by molar-refractivity contribution is 5.27. The van der Waals surface area contributed by atoms with E-state index in [-0.39, 0.29) is 6.04 Å². The first kappa shape index (κ1) is 15.5. The molecule has 114 valence electrons. The lowest BCUT2D eigenvalue weighted by atomic mass is 10.1. The van der Waals surface area contributed by atoms with E-state index < -0.39 is 0 Å². The SMILES string of the molecule is CCCn1nncc1C(CCOc1cccc(C)c1)NC. The van der Waals surface area contributed by atoms with E-state index >= 15 is 0 Å². The average Bonchev–Trinajstić information content (AvgIpc) is 2.92. The number of nitrogens with one attached hydrogen (secondary N) is 1. The third-order valence-corrected chi connectivity index (χ3v) is 3.45. The quantitative estimate of drug-likeness (QED) is 0.811. The molecule has 0 amide bonds. The Hall–Kier alpha value is -1.88. The van der Waals surface area contributed by atoms with Crippen LogP contribution in [-0.4, -0.2) is 28.6 Å². The molecular formula is C16H24N4O. The Balaban J connectivity index is 1.92. The third-order valence-electron chi connectivity index (χ3n) is 3.45. The lowest BCUT2D eigenvalue weighted by molar-refractivity contribution is 0.285. The monoisotopic (exact) mass is 288 g/mol. The topological polar surface area (TPSA) is 52.0 Å². The summed E-state index contributed by atoms with van der Waals surface area (Å²) in [7, 11) is 1.96. The van der Waals surface area contributed by atoms with Gasteiger partial charge in [0.25, 0.3) is 0 Å². The number of hydrogen-bond donors (Lipinski definition) is 1. The Morgan fingerprint density at radius 2 is 2.24 bits per heavy atom. The second-order valence-corrected chi connectivity index (χ2v) is 5.18. The van der Waals surface area contributed by atoms with Gasteiger partial charge in [-0.2, -0.15) is 0 Å². The highest BCUT2D eigenvalue weighted by Crippen LogP contribution is 2.17. The van der Waals surface area contributed by atoms with Crippen molar-refractivity contribution >= 4 is 0 Å². The number of benzene rings is 1. The van der Waals surface area contributed by atoms with Crippen LogP contribution >= 0.6 is 0 Å². The Kier molecular flexibility index (Phi) is 5.75. The summed E-state index contributed by atoms with van der Waals surface area (Å²) < 4.78 is 7.79. The third kappa shape index (κ3) is 4.29. The average molecular weight is 288 g/mol. The normalized spacial score (nSPS) is 12.3. The molecule has 5 nitrogen and oxygen atoms in total. The van der Waals surface area contributed by atoms with Gasteiger partial charge in [0.2, 0.25) is 0 Å². The zero-order valence-electron chi connectivity index (χ0n) is 13.0. The van der Waals surface area contributed by atoms with E-state index in [2.05, 4.69) is 41.6 Å². The summed E-state index contributed by atoms with van der Waals surface area (Å²) in [5.41, 5.74) is 2.33. The molecule has 1 unspecified atom stereocenters. The van der Waals surface area contributed by atoms with E-state index in [0.717, 1.165) is 30.8 Å². The van der Waals surface area contributed by atoms with Crippen LogP contribution in [0.1, 0.15) is 37.1 Å². The van der Waals surface area contributed by atoms with Gasteiger partial charge in [-0.05, 0) is 38.1 Å². The van der Waals surface area contributed by atoms with Crippen molar-refractivity contribution < 1.29 is 4.74 Å². The highest BCUT2D eigenvalue weighted by atomic mass is 16.5. The van der Waals surface area contributed by atoms with Gasteiger partial charge in [0, 0.05) is 13.0 Å². The van der Waals surface area contributed by atoms with Crippen LogP contribution < -0.4 is 10.1 Å². The highest BCUT2D eigenvalue weighted by Gasteiger charge is 2.15. The lowest BCUT2D eigenvalue weighted by Gasteiger charge is -2.17. The van der Waals surface area contributed by atoms with Gasteiger partial charge < -0.3 is 10.1 Å². The minimum Gasteiger partial charge on any atom is -0.494 e. The van der Waals surface area contributed by atoms with Gasteiger partial charge in [-0.25, -0.2) is 4.68 Å². The maximum Gasteiger partial charge on any atom is 0.119 e. The molecule has 0 saturated carbocycles. The molecule has 1 atom stereocenters. The second-order valence-electron chi connectivity index (χ2n) is 5.18. The van der Waals surface area contributed by atoms with Crippen molar-refractivity contribution in [3.05, 3.63) is 41.7 Å². The van der Waals surface area contributed by atoms with Gasteiger partial charge in [0.1, 0.15) is 5.75 Å². The zero-order valence-corrected chi connectivity index (χ0v) is 13.0. The van der Waals surface area contributed by atoms with Gasteiger partial charge in [-0.3, -0.25) is 0 Å². The van der Waals surface area contributed by atoms with Crippen molar-refractivity contribution in [2.75, 3.05) is 13.7 Å². The van der Waals surface area contributed by atoms with Crippen LogP contribution in [0.25, 0.3) is 0 Å². The maximum atomic E-state index is 5.83. The number of hydrogen-bond acceptors (Lipinski definition) is 4. The first-order valence-corrected chi connectivity index (χ1v) is 7.49. The van der Waals surface area contributed by atoms with Crippen molar-refractivity contribution in [3.8, 4) is 5.75 Å². The van der Waals surface area contributed by atoms with E-state index in [1.54, 1.807) is 0 Å². The van der Waals surface area contributed by atoms with Crippen molar-refractivity contribution in [1.82, 2.24) is 20.3 Å². The first-order valence-electron chi connectivity index (χ1n) is 7.49. The molecule has 1 aromatic heterocycles. The fraction of sp³-hybridized carbons (Fsp3) is 0.500. The fourth-order valence-corrected chi connectivity index (χ4v) is 2.36. The van der Waals surface area contributed by atoms with E-state index in [1.807, 2.05) is 30.1 Å². The Morgan fingerprint density at radius 1 is 1.38 bits per heavy atom. The number of aryl methyl sites for hydroxylation is 2. The smallest absolute Gasteiger partial charge is 0.119 e. The van der Waals surface area contributed by atoms with Crippen LogP contribution in [-0.2, 0) is 6.54 Å². The number of ether oxygens (including phenoxy) is 1. The Bertz CT molecular complexity index is 553. The molecule has 1 N–H and O–H groups in total. The van der Waals surface area contributed by atoms with E-state index in [1.165, 1.54) is 5.56 Å². The number of aromatic nitrogens is 3. The van der Waals surface area contributed by atoms with Gasteiger partial charge in [-0.15, -0.1) is 5.10 Å². The molecule has 0 aliphatic rings. The number of rotatable bonds is 8. The summed E-state index contributed by atoms with van der Waals surface area (Å²) >= 11 is 0. The Labute approximate surface area is 126 Å². The minimum atomic E-state index is 0.205. The van der Waals surface area contributed by atoms with Crippen LogP contribution in [0.4, 0.5) is 0 Å². The molecule has 0 fully saturated rings. The zero-order chi connectivity index (χ0) is 15.1. The largest absolute Gasteiger partial charge is 0.494 e. The van der Waals surface area contributed by atoms with Gasteiger partial charge in [0.15, 0.2) is 0 Å². The molecule has 0 spiro atoms. The van der Waals surface area contributed by atoms with Crippen LogP contribution in [0, 0.1) is 6.92 Å². The standard InChI is InChI=1S/C16H24N4O/c1-4-9-20-16(12-18-19-20)15(17-3)8-10-21-14-7-5-6-13(2)11-14/h5-7,11-12,15,17H,4,8-10H2,1-3H3. The molecule has 0 aliphatic heterocycles. The van der Waals surface area contributed by atoms with Gasteiger partial charge in [-0.1, -0.05) is 24.3 Å². The van der Waals surface area contributed by atoms with Crippen LogP contribution in [0.5, 0.6) is 5.75 Å². The predicted octanol–water partition coefficient (Wildman–Crippen LogP) is 2.73. The summed E-state index contributed by atoms with van der Waals surface area (Å²) in [6, 6.07) is 8.33. The molecule has 21 heavy (non-hydrogen) atoms. The van der Waals surface area contributed by atoms with Crippen molar-refractivity contribution in [3.63, 3.8) is 0 Å². The molecule has 2 rings (SSSR count). The summed E-state index contributed by atoms with van der Waals surface area (Å²) in [6.45, 7) is 5.76. The minimum absolute atomic E-state index is 0.205. The summed E-state index contributed by atoms with van der Waals surface area (Å²) in [5.74, 6) is 0.921. The van der Waals surface area contributed by atoms with Crippen molar-refractivity contribution in [1.29, 1.82) is 0 Å². The van der Waals surface area contributed by atoms with Crippen LogP contribution in [0.3, 0.4) is 0 Å². The predicted molar refractivity (Wildman–Crippen MR) is 83.4 cm³/mol. The van der Waals surface area contributed by atoms with Crippen molar-refractivity contribution in [2.45, 2.75) is 39.3 Å². The fourth-order valence-electron chi connectivity index (χ4n) is 2.36. The number of nitrogens with zero attached hydrogens (tertiary/aromatic N) is 3. The Morgan fingerprint density at radius 3 is 2.95 bits per heavy atom. The molecule has 0 radical (unpaired) electrons. The molecule has 5 heteroatoms. The van der Waals surface area contributed by atoms with E-state index in [9.17, 15) is 0 Å². The lowest BCUT2D eigenvalue weighted by Crippen LogP contribution is -2.22. The second kappa shape index (κ2) is 7.78. The molecule has 1 heterocycles. The van der Waals surface area contributed by atoms with Crippen molar-refractivity contribution in [2.24, 2.45) is 0 Å². The van der Waals surface area contributed by atoms with Crippen LogP contribution in [0.2, 0.25) is 0 Å². The first-order chi connectivity index (χ1) is 10.2. The molecule has 2 aromatic rings. The van der Waals surface area contributed by atoms with E-state index in [0.29, 0.717) is 6.61 Å². The van der Waals surface area contributed by atoms with Gasteiger partial charge in [0.05, 0.1) is 24.5 Å². The molecule has 0 saturated heterocycles. The molecule has 1 aromatic carbocycles. The van der Waals surface area contributed by atoms with E-state index in [4.69, 9.17) is 4.74 Å². The molecule has 0 aliphatic carbocycles.